The molecule has 0 aromatic rings. The summed E-state index contributed by atoms with van der Waals surface area (Å²) >= 11 is 0. The molecule has 0 saturated carbocycles. The van der Waals surface area contributed by atoms with Crippen LogP contribution in [0.1, 0.15) is 103 Å². The maximum Gasteiger partial charge on any atom is 0.317 e. The molecule has 0 saturated heterocycles. The van der Waals surface area contributed by atoms with Gasteiger partial charge in [-0.1, -0.05) is 89.4 Å². The minimum atomic E-state index is -0.808. The molecule has 0 spiro atoms. The highest BCUT2D eigenvalue weighted by Crippen LogP contribution is 2.11. The van der Waals surface area contributed by atoms with Crippen molar-refractivity contribution in [3.8, 4) is 0 Å². The number of nitrogens with one attached hydrogen (secondary N) is 1. The van der Waals surface area contributed by atoms with Gasteiger partial charge < -0.3 is 10.4 Å². The molecule has 152 valence electrons. The van der Waals surface area contributed by atoms with Gasteiger partial charge in [0.05, 0.1) is 6.54 Å². The van der Waals surface area contributed by atoms with E-state index in [4.69, 9.17) is 5.11 Å². The third-order valence-corrected chi connectivity index (χ3v) is 4.83. The number of hydrogen-bond donors (Lipinski definition) is 2. The van der Waals surface area contributed by atoms with Gasteiger partial charge in [0.15, 0.2) is 0 Å². The molecule has 0 bridgehead atoms. The third-order valence-electron chi connectivity index (χ3n) is 4.83. The van der Waals surface area contributed by atoms with E-state index in [9.17, 15) is 4.79 Å². The lowest BCUT2D eigenvalue weighted by molar-refractivity contribution is -0.136. The molecule has 26 heavy (non-hydrogen) atoms. The molecule has 3 nitrogen and oxygen atoms in total. The van der Waals surface area contributed by atoms with Crippen molar-refractivity contribution in [1.29, 1.82) is 0 Å². The number of hydrogen-bond acceptors (Lipinski definition) is 2. The van der Waals surface area contributed by atoms with Gasteiger partial charge in [-0.25, -0.2) is 0 Å². The number of aliphatic carboxylic acids is 1. The van der Waals surface area contributed by atoms with Crippen LogP contribution in [0.2, 0.25) is 0 Å². The Morgan fingerprint density at radius 1 is 0.885 bits per heavy atom. The minimum absolute atomic E-state index is 0.0169. The highest BCUT2D eigenvalue weighted by atomic mass is 16.4. The second-order valence-corrected chi connectivity index (χ2v) is 7.34. The first-order chi connectivity index (χ1) is 12.7. The first-order valence-electron chi connectivity index (χ1n) is 10.9. The predicted octanol–water partition coefficient (Wildman–Crippen LogP) is 6.64. The smallest absolute Gasteiger partial charge is 0.317 e. The number of rotatable bonds is 20. The fourth-order valence-corrected chi connectivity index (χ4v) is 3.13. The van der Waals surface area contributed by atoms with E-state index in [1.165, 1.54) is 83.5 Å². The predicted molar refractivity (Wildman–Crippen MR) is 114 cm³/mol. The molecule has 0 fully saturated rings. The molecule has 0 rings (SSSR count). The zero-order valence-corrected chi connectivity index (χ0v) is 17.2. The number of allylic oxidation sites excluding steroid dienone is 2. The lowest BCUT2D eigenvalue weighted by Crippen LogP contribution is -2.31. The third kappa shape index (κ3) is 19.2. The SMILES string of the molecule is C=CC(CCCCCCCC/C=C\CCCCCCCC)NCC(=O)O. The first-order valence-corrected chi connectivity index (χ1v) is 10.9. The molecule has 0 aromatic carbocycles. The highest BCUT2D eigenvalue weighted by molar-refractivity contribution is 5.69. The fraction of sp³-hybridized carbons (Fsp3) is 0.783. The van der Waals surface area contributed by atoms with E-state index >= 15 is 0 Å². The Hall–Kier alpha value is -1.09. The Labute approximate surface area is 162 Å². The van der Waals surface area contributed by atoms with Crippen molar-refractivity contribution in [1.82, 2.24) is 5.32 Å². The van der Waals surface area contributed by atoms with Crippen LogP contribution in [0.25, 0.3) is 0 Å². The molecular weight excluding hydrogens is 322 g/mol. The Bertz CT molecular complexity index is 352. The molecule has 1 atom stereocenters. The lowest BCUT2D eigenvalue weighted by Gasteiger charge is -2.12. The van der Waals surface area contributed by atoms with Gasteiger partial charge in [0, 0.05) is 6.04 Å². The van der Waals surface area contributed by atoms with Gasteiger partial charge >= 0.3 is 5.97 Å². The molecule has 0 aliphatic heterocycles. The average molecular weight is 366 g/mol. The van der Waals surface area contributed by atoms with Crippen molar-refractivity contribution in [2.45, 2.75) is 109 Å². The monoisotopic (exact) mass is 365 g/mol. The van der Waals surface area contributed by atoms with Crippen LogP contribution in [0.15, 0.2) is 24.8 Å². The maximum atomic E-state index is 10.5. The summed E-state index contributed by atoms with van der Waals surface area (Å²) in [6, 6.07) is 0.128. The zero-order valence-electron chi connectivity index (χ0n) is 17.2. The molecule has 0 aliphatic carbocycles. The lowest BCUT2D eigenvalue weighted by atomic mass is 10.0. The molecular formula is C23H43NO2. The summed E-state index contributed by atoms with van der Waals surface area (Å²) in [5, 5.41) is 11.7. The van der Waals surface area contributed by atoms with Crippen molar-refractivity contribution in [3.05, 3.63) is 24.8 Å². The molecule has 0 aromatic heterocycles. The van der Waals surface area contributed by atoms with E-state index in [-0.39, 0.29) is 12.6 Å². The first kappa shape index (κ1) is 24.9. The summed E-state index contributed by atoms with van der Waals surface area (Å²) in [6.07, 6.45) is 25.9. The van der Waals surface area contributed by atoms with Crippen LogP contribution in [0.3, 0.4) is 0 Å². The van der Waals surface area contributed by atoms with Crippen molar-refractivity contribution in [3.63, 3.8) is 0 Å². The molecule has 0 heterocycles. The van der Waals surface area contributed by atoms with Crippen LogP contribution >= 0.6 is 0 Å². The Morgan fingerprint density at radius 3 is 1.88 bits per heavy atom. The number of carboxylic acid groups (broad SMARTS) is 1. The Kier molecular flexibility index (Phi) is 19.4. The summed E-state index contributed by atoms with van der Waals surface area (Å²) in [7, 11) is 0. The topological polar surface area (TPSA) is 49.3 Å². The van der Waals surface area contributed by atoms with E-state index in [1.54, 1.807) is 0 Å². The van der Waals surface area contributed by atoms with Crippen molar-refractivity contribution >= 4 is 5.97 Å². The van der Waals surface area contributed by atoms with Crippen LogP contribution in [-0.2, 0) is 4.79 Å². The second kappa shape index (κ2) is 20.2. The van der Waals surface area contributed by atoms with Crippen LogP contribution in [0.5, 0.6) is 0 Å². The van der Waals surface area contributed by atoms with Gasteiger partial charge in [0.2, 0.25) is 0 Å². The molecule has 0 radical (unpaired) electrons. The van der Waals surface area contributed by atoms with Crippen LogP contribution in [-0.4, -0.2) is 23.7 Å². The van der Waals surface area contributed by atoms with Crippen LogP contribution < -0.4 is 5.32 Å². The highest BCUT2D eigenvalue weighted by Gasteiger charge is 2.05. The van der Waals surface area contributed by atoms with E-state index < -0.39 is 5.97 Å². The summed E-state index contributed by atoms with van der Waals surface area (Å²) in [5.41, 5.74) is 0. The molecule has 2 N–H and O–H groups in total. The van der Waals surface area contributed by atoms with Crippen LogP contribution in [0, 0.1) is 0 Å². The van der Waals surface area contributed by atoms with Gasteiger partial charge in [-0.2, -0.15) is 0 Å². The second-order valence-electron chi connectivity index (χ2n) is 7.34. The largest absolute Gasteiger partial charge is 0.480 e. The minimum Gasteiger partial charge on any atom is -0.480 e. The van der Waals surface area contributed by atoms with E-state index in [0.717, 1.165) is 12.8 Å². The summed E-state index contributed by atoms with van der Waals surface area (Å²) < 4.78 is 0. The van der Waals surface area contributed by atoms with Gasteiger partial charge in [-0.05, 0) is 32.1 Å². The normalized spacial score (nSPS) is 12.5. The quantitative estimate of drug-likeness (QED) is 0.188. The zero-order chi connectivity index (χ0) is 19.3. The summed E-state index contributed by atoms with van der Waals surface area (Å²) in [4.78, 5) is 10.5. The van der Waals surface area contributed by atoms with Crippen molar-refractivity contribution < 1.29 is 9.90 Å². The summed E-state index contributed by atoms with van der Waals surface area (Å²) in [6.45, 7) is 6.05. The standard InChI is InChI=1S/C23H43NO2/c1-3-5-6-7-8-9-10-11-12-13-14-15-16-17-18-19-20-22(4-2)24-21-23(25)26/h4,11-12,22,24H,2-3,5-10,13-21H2,1H3,(H,25,26)/b12-11-. The molecule has 3 heteroatoms. The number of unbranched alkanes of at least 4 members (excludes halogenated alkanes) is 12. The average Bonchev–Trinajstić information content (AvgIpc) is 2.63. The van der Waals surface area contributed by atoms with Crippen molar-refractivity contribution in [2.24, 2.45) is 0 Å². The molecule has 0 amide bonds. The maximum absolute atomic E-state index is 10.5. The van der Waals surface area contributed by atoms with Gasteiger partial charge in [-0.3, -0.25) is 4.79 Å². The van der Waals surface area contributed by atoms with Crippen LogP contribution in [0.4, 0.5) is 0 Å². The molecule has 0 aliphatic rings. The van der Waals surface area contributed by atoms with Crippen molar-refractivity contribution in [2.75, 3.05) is 6.54 Å². The van der Waals surface area contributed by atoms with E-state index in [0.29, 0.717) is 0 Å². The van der Waals surface area contributed by atoms with Gasteiger partial charge in [0.25, 0.3) is 0 Å². The van der Waals surface area contributed by atoms with Gasteiger partial charge in [-0.15, -0.1) is 6.58 Å². The Balaban J connectivity index is 3.29. The molecule has 1 unspecified atom stereocenters. The summed E-state index contributed by atoms with van der Waals surface area (Å²) in [5.74, 6) is -0.808. The van der Waals surface area contributed by atoms with E-state index in [2.05, 4.69) is 31.0 Å². The van der Waals surface area contributed by atoms with Gasteiger partial charge in [0.1, 0.15) is 0 Å². The fourth-order valence-electron chi connectivity index (χ4n) is 3.13. The Morgan fingerprint density at radius 2 is 1.38 bits per heavy atom. The number of carbonyl (C=O) groups is 1. The van der Waals surface area contributed by atoms with E-state index in [1.807, 2.05) is 6.08 Å². The number of carboxylic acids is 1.